The maximum atomic E-state index is 13.2. The van der Waals surface area contributed by atoms with Crippen molar-refractivity contribution < 1.29 is 9.18 Å². The summed E-state index contributed by atoms with van der Waals surface area (Å²) in [6.07, 6.45) is 7.48. The van der Waals surface area contributed by atoms with Crippen molar-refractivity contribution in [1.29, 1.82) is 0 Å². The number of nitrogens with zero attached hydrogens (tertiary/aromatic N) is 2. The first kappa shape index (κ1) is 18.4. The number of carbonyl (C=O) groups excluding carboxylic acids is 1. The monoisotopic (exact) mass is 346 g/mol. The Morgan fingerprint density at radius 1 is 1.20 bits per heavy atom. The predicted molar refractivity (Wildman–Crippen MR) is 98.8 cm³/mol. The number of likely N-dealkylation sites (N-methyl/N-ethyl adjacent to an activating group) is 1. The highest BCUT2D eigenvalue weighted by Crippen LogP contribution is 2.35. The first-order valence-electron chi connectivity index (χ1n) is 9.89. The largest absolute Gasteiger partial charge is 0.338 e. The van der Waals surface area contributed by atoms with Crippen LogP contribution in [0.5, 0.6) is 0 Å². The van der Waals surface area contributed by atoms with Gasteiger partial charge in [0.2, 0.25) is 5.91 Å². The molecule has 1 saturated heterocycles. The van der Waals surface area contributed by atoms with E-state index in [0.717, 1.165) is 31.0 Å². The molecule has 1 aromatic carbocycles. The summed E-state index contributed by atoms with van der Waals surface area (Å²) < 4.78 is 13.2. The molecule has 0 radical (unpaired) electrons. The highest BCUT2D eigenvalue weighted by molar-refractivity contribution is 5.78. The molecule has 138 valence electrons. The standard InChI is InChI=1S/C21H31FN2O/c1-3-23(16(2)17-10-12-19(22)13-11-17)15-21(25)24-14-6-8-18-7-4-5-9-20(18)24/h10-13,16,18,20H,3-9,14-15H2,1-2H3. The van der Waals surface area contributed by atoms with Gasteiger partial charge in [-0.15, -0.1) is 0 Å². The summed E-state index contributed by atoms with van der Waals surface area (Å²) in [5.41, 5.74) is 1.06. The summed E-state index contributed by atoms with van der Waals surface area (Å²) >= 11 is 0. The number of hydrogen-bond acceptors (Lipinski definition) is 2. The Bertz CT molecular complexity index is 572. The van der Waals surface area contributed by atoms with E-state index in [-0.39, 0.29) is 17.8 Å². The second-order valence-corrected chi connectivity index (χ2v) is 7.63. The summed E-state index contributed by atoms with van der Waals surface area (Å²) in [7, 11) is 0. The number of fused-ring (bicyclic) bond motifs is 1. The van der Waals surface area contributed by atoms with E-state index in [1.54, 1.807) is 0 Å². The fraction of sp³-hybridized carbons (Fsp3) is 0.667. The topological polar surface area (TPSA) is 23.6 Å². The molecule has 1 aromatic rings. The number of carbonyl (C=O) groups is 1. The molecule has 1 aliphatic carbocycles. The van der Waals surface area contributed by atoms with Crippen LogP contribution in [-0.2, 0) is 4.79 Å². The lowest BCUT2D eigenvalue weighted by Gasteiger charge is -2.45. The van der Waals surface area contributed by atoms with Gasteiger partial charge >= 0.3 is 0 Å². The minimum Gasteiger partial charge on any atom is -0.338 e. The normalized spacial score (nSPS) is 24.9. The van der Waals surface area contributed by atoms with Gasteiger partial charge in [0.15, 0.2) is 0 Å². The molecule has 3 nitrogen and oxygen atoms in total. The van der Waals surface area contributed by atoms with Gasteiger partial charge in [0, 0.05) is 18.6 Å². The van der Waals surface area contributed by atoms with Gasteiger partial charge in [0.25, 0.3) is 0 Å². The summed E-state index contributed by atoms with van der Waals surface area (Å²) in [5, 5.41) is 0. The van der Waals surface area contributed by atoms with Gasteiger partial charge < -0.3 is 4.90 Å². The van der Waals surface area contributed by atoms with Crippen LogP contribution in [0.3, 0.4) is 0 Å². The van der Waals surface area contributed by atoms with Gasteiger partial charge in [0.1, 0.15) is 5.82 Å². The number of rotatable bonds is 5. The third kappa shape index (κ3) is 4.22. The second kappa shape index (κ2) is 8.31. The number of amides is 1. The zero-order valence-electron chi connectivity index (χ0n) is 15.6. The average Bonchev–Trinajstić information content (AvgIpc) is 2.65. The molecule has 0 aromatic heterocycles. The number of halogens is 1. The smallest absolute Gasteiger partial charge is 0.237 e. The van der Waals surface area contributed by atoms with Gasteiger partial charge in [-0.05, 0) is 62.8 Å². The molecule has 1 amide bonds. The molecule has 3 rings (SSSR count). The molecular weight excluding hydrogens is 315 g/mol. The Morgan fingerprint density at radius 3 is 2.60 bits per heavy atom. The first-order chi connectivity index (χ1) is 12.1. The maximum absolute atomic E-state index is 13.2. The average molecular weight is 346 g/mol. The molecule has 2 aliphatic rings. The lowest BCUT2D eigenvalue weighted by molar-refractivity contribution is -0.139. The van der Waals surface area contributed by atoms with E-state index in [9.17, 15) is 9.18 Å². The highest BCUT2D eigenvalue weighted by Gasteiger charge is 2.36. The van der Waals surface area contributed by atoms with Crippen molar-refractivity contribution in [3.8, 4) is 0 Å². The zero-order chi connectivity index (χ0) is 17.8. The Labute approximate surface area is 151 Å². The van der Waals surface area contributed by atoms with Gasteiger partial charge in [-0.25, -0.2) is 4.39 Å². The molecule has 25 heavy (non-hydrogen) atoms. The summed E-state index contributed by atoms with van der Waals surface area (Å²) in [4.78, 5) is 17.4. The van der Waals surface area contributed by atoms with E-state index < -0.39 is 0 Å². The minimum atomic E-state index is -0.216. The maximum Gasteiger partial charge on any atom is 0.237 e. The third-order valence-electron chi connectivity index (χ3n) is 6.21. The number of likely N-dealkylation sites (tertiary alicyclic amines) is 1. The molecule has 3 atom stereocenters. The molecular formula is C21H31FN2O. The van der Waals surface area contributed by atoms with E-state index >= 15 is 0 Å². The van der Waals surface area contributed by atoms with E-state index in [4.69, 9.17) is 0 Å². The molecule has 1 aliphatic heterocycles. The highest BCUT2D eigenvalue weighted by atomic mass is 19.1. The Kier molecular flexibility index (Phi) is 6.10. The second-order valence-electron chi connectivity index (χ2n) is 7.63. The van der Waals surface area contributed by atoms with Crippen molar-refractivity contribution in [3.63, 3.8) is 0 Å². The number of hydrogen-bond donors (Lipinski definition) is 0. The van der Waals surface area contributed by atoms with Crippen LogP contribution in [0, 0.1) is 11.7 Å². The van der Waals surface area contributed by atoms with E-state index in [1.807, 2.05) is 12.1 Å². The van der Waals surface area contributed by atoms with Crippen molar-refractivity contribution >= 4 is 5.91 Å². The van der Waals surface area contributed by atoms with Crippen LogP contribution in [0.15, 0.2) is 24.3 Å². The van der Waals surface area contributed by atoms with Crippen LogP contribution in [0.25, 0.3) is 0 Å². The van der Waals surface area contributed by atoms with Gasteiger partial charge in [-0.2, -0.15) is 0 Å². The zero-order valence-corrected chi connectivity index (χ0v) is 15.6. The van der Waals surface area contributed by atoms with Crippen LogP contribution in [-0.4, -0.2) is 41.4 Å². The molecule has 1 saturated carbocycles. The summed E-state index contributed by atoms with van der Waals surface area (Å²) in [5.74, 6) is 0.773. The fourth-order valence-corrected chi connectivity index (χ4v) is 4.67. The van der Waals surface area contributed by atoms with Crippen LogP contribution in [0.2, 0.25) is 0 Å². The van der Waals surface area contributed by atoms with E-state index in [0.29, 0.717) is 12.6 Å². The van der Waals surface area contributed by atoms with Gasteiger partial charge in [0.05, 0.1) is 6.54 Å². The molecule has 4 heteroatoms. The SMILES string of the molecule is CCN(CC(=O)N1CCCC2CCCCC21)C(C)c1ccc(F)cc1. The molecule has 0 spiro atoms. The molecule has 0 bridgehead atoms. The lowest BCUT2D eigenvalue weighted by Crippen LogP contribution is -2.52. The molecule has 2 fully saturated rings. The summed E-state index contributed by atoms with van der Waals surface area (Å²) in [6, 6.07) is 7.23. The van der Waals surface area contributed by atoms with Gasteiger partial charge in [-0.3, -0.25) is 9.69 Å². The quantitative estimate of drug-likeness (QED) is 0.789. The van der Waals surface area contributed by atoms with Crippen molar-refractivity contribution in [2.24, 2.45) is 5.92 Å². The van der Waals surface area contributed by atoms with E-state index in [2.05, 4.69) is 23.6 Å². The van der Waals surface area contributed by atoms with Crippen LogP contribution >= 0.6 is 0 Å². The Hall–Kier alpha value is -1.42. The third-order valence-corrected chi connectivity index (χ3v) is 6.21. The Balaban J connectivity index is 1.66. The Morgan fingerprint density at radius 2 is 1.88 bits per heavy atom. The van der Waals surface area contributed by atoms with Crippen LogP contribution in [0.1, 0.15) is 64.0 Å². The number of benzene rings is 1. The van der Waals surface area contributed by atoms with Crippen molar-refractivity contribution in [2.45, 2.75) is 64.5 Å². The lowest BCUT2D eigenvalue weighted by atomic mass is 9.78. The van der Waals surface area contributed by atoms with E-state index in [1.165, 1.54) is 44.2 Å². The molecule has 0 N–H and O–H groups in total. The fourth-order valence-electron chi connectivity index (χ4n) is 4.67. The number of piperidine rings is 1. The summed E-state index contributed by atoms with van der Waals surface area (Å²) in [6.45, 7) is 6.38. The first-order valence-corrected chi connectivity index (χ1v) is 9.89. The molecule has 3 unspecified atom stereocenters. The van der Waals surface area contributed by atoms with Crippen molar-refractivity contribution in [2.75, 3.05) is 19.6 Å². The van der Waals surface area contributed by atoms with Crippen LogP contribution < -0.4 is 0 Å². The minimum absolute atomic E-state index is 0.112. The van der Waals surface area contributed by atoms with Crippen molar-refractivity contribution in [3.05, 3.63) is 35.6 Å². The van der Waals surface area contributed by atoms with Gasteiger partial charge in [-0.1, -0.05) is 31.9 Å². The van der Waals surface area contributed by atoms with Crippen molar-refractivity contribution in [1.82, 2.24) is 9.80 Å². The van der Waals surface area contributed by atoms with Crippen LogP contribution in [0.4, 0.5) is 4.39 Å². The molecule has 1 heterocycles. The predicted octanol–water partition coefficient (Wildman–Crippen LogP) is 4.39.